The van der Waals surface area contributed by atoms with Crippen LogP contribution in [-0.2, 0) is 14.3 Å². The Labute approximate surface area is 113 Å². The summed E-state index contributed by atoms with van der Waals surface area (Å²) in [6.45, 7) is 2.98. The minimum absolute atomic E-state index is 0.0942. The Kier molecular flexibility index (Phi) is 5.21. The smallest absolute Gasteiger partial charge is 0.306 e. The van der Waals surface area contributed by atoms with Gasteiger partial charge in [0.15, 0.2) is 0 Å². The van der Waals surface area contributed by atoms with Gasteiger partial charge in [-0.05, 0) is 25.5 Å². The molecule has 104 valence electrons. The fourth-order valence-electron chi connectivity index (χ4n) is 2.08. The number of rotatable bonds is 2. The van der Waals surface area contributed by atoms with Crippen LogP contribution in [0.1, 0.15) is 26.2 Å². The SMILES string of the molecule is CC1CC(Oc2ccccc2)COCCCC(=O)O1. The number of benzene rings is 1. The van der Waals surface area contributed by atoms with Gasteiger partial charge >= 0.3 is 5.97 Å². The summed E-state index contributed by atoms with van der Waals surface area (Å²) in [5.41, 5.74) is 0. The molecule has 1 fully saturated rings. The molecule has 0 amide bonds. The molecule has 4 heteroatoms. The average Bonchev–Trinajstić information content (AvgIpc) is 2.38. The quantitative estimate of drug-likeness (QED) is 0.770. The summed E-state index contributed by atoms with van der Waals surface area (Å²) in [7, 11) is 0. The van der Waals surface area contributed by atoms with E-state index in [1.165, 1.54) is 0 Å². The number of cyclic esters (lactones) is 1. The van der Waals surface area contributed by atoms with Crippen molar-refractivity contribution < 1.29 is 19.0 Å². The zero-order chi connectivity index (χ0) is 13.5. The van der Waals surface area contributed by atoms with Crippen molar-refractivity contribution in [2.45, 2.75) is 38.4 Å². The normalized spacial score (nSPS) is 25.4. The predicted octanol–water partition coefficient (Wildman–Crippen LogP) is 2.57. The van der Waals surface area contributed by atoms with Crippen LogP contribution in [-0.4, -0.2) is 31.4 Å². The highest BCUT2D eigenvalue weighted by Crippen LogP contribution is 2.16. The van der Waals surface area contributed by atoms with Crippen molar-refractivity contribution in [1.82, 2.24) is 0 Å². The first-order chi connectivity index (χ1) is 9.24. The second kappa shape index (κ2) is 7.14. The molecule has 2 rings (SSSR count). The van der Waals surface area contributed by atoms with Gasteiger partial charge in [-0.1, -0.05) is 18.2 Å². The number of carbonyl (C=O) groups excluding carboxylic acids is 1. The van der Waals surface area contributed by atoms with E-state index in [0.29, 0.717) is 32.5 Å². The molecule has 19 heavy (non-hydrogen) atoms. The first kappa shape index (κ1) is 13.9. The fourth-order valence-corrected chi connectivity index (χ4v) is 2.08. The lowest BCUT2D eigenvalue weighted by atomic mass is 10.1. The molecule has 0 saturated carbocycles. The Morgan fingerprint density at radius 1 is 1.26 bits per heavy atom. The van der Waals surface area contributed by atoms with Crippen molar-refractivity contribution in [2.24, 2.45) is 0 Å². The van der Waals surface area contributed by atoms with Crippen LogP contribution in [0, 0.1) is 0 Å². The second-order valence-electron chi connectivity index (χ2n) is 4.77. The topological polar surface area (TPSA) is 44.8 Å². The number of ether oxygens (including phenoxy) is 3. The van der Waals surface area contributed by atoms with Gasteiger partial charge in [0.1, 0.15) is 18.0 Å². The minimum Gasteiger partial charge on any atom is -0.488 e. The van der Waals surface area contributed by atoms with Gasteiger partial charge in [-0.2, -0.15) is 0 Å². The number of para-hydroxylation sites is 1. The highest BCUT2D eigenvalue weighted by Gasteiger charge is 2.20. The van der Waals surface area contributed by atoms with E-state index in [1.807, 2.05) is 37.3 Å². The first-order valence-corrected chi connectivity index (χ1v) is 6.73. The van der Waals surface area contributed by atoms with Gasteiger partial charge in [-0.25, -0.2) is 0 Å². The Balaban J connectivity index is 1.94. The van der Waals surface area contributed by atoms with Crippen LogP contribution in [0.2, 0.25) is 0 Å². The van der Waals surface area contributed by atoms with E-state index in [2.05, 4.69) is 0 Å². The fraction of sp³-hybridized carbons (Fsp3) is 0.533. The molecular weight excluding hydrogens is 244 g/mol. The molecule has 0 aromatic heterocycles. The van der Waals surface area contributed by atoms with Gasteiger partial charge in [0.2, 0.25) is 0 Å². The second-order valence-corrected chi connectivity index (χ2v) is 4.77. The number of hydrogen-bond donors (Lipinski definition) is 0. The van der Waals surface area contributed by atoms with Gasteiger partial charge in [-0.15, -0.1) is 0 Å². The van der Waals surface area contributed by atoms with Crippen molar-refractivity contribution >= 4 is 5.97 Å². The van der Waals surface area contributed by atoms with Gasteiger partial charge < -0.3 is 14.2 Å². The van der Waals surface area contributed by atoms with E-state index in [9.17, 15) is 4.79 Å². The largest absolute Gasteiger partial charge is 0.488 e. The zero-order valence-corrected chi connectivity index (χ0v) is 11.2. The molecule has 0 bridgehead atoms. The third-order valence-electron chi connectivity index (χ3n) is 2.95. The lowest BCUT2D eigenvalue weighted by molar-refractivity contribution is -0.151. The Bertz CT molecular complexity index is 390. The maximum absolute atomic E-state index is 11.5. The predicted molar refractivity (Wildman–Crippen MR) is 71.1 cm³/mol. The highest BCUT2D eigenvalue weighted by molar-refractivity contribution is 5.69. The lowest BCUT2D eigenvalue weighted by Gasteiger charge is -2.24. The molecule has 1 aliphatic heterocycles. The Hall–Kier alpha value is -1.55. The van der Waals surface area contributed by atoms with Gasteiger partial charge in [0, 0.05) is 19.4 Å². The Morgan fingerprint density at radius 2 is 2.05 bits per heavy atom. The number of carbonyl (C=O) groups is 1. The summed E-state index contributed by atoms with van der Waals surface area (Å²) in [5.74, 6) is 0.656. The molecule has 0 radical (unpaired) electrons. The van der Waals surface area contributed by atoms with E-state index in [0.717, 1.165) is 5.75 Å². The summed E-state index contributed by atoms with van der Waals surface area (Å²) in [4.78, 5) is 11.5. The first-order valence-electron chi connectivity index (χ1n) is 6.73. The van der Waals surface area contributed by atoms with Gasteiger partial charge in [0.25, 0.3) is 0 Å². The molecule has 1 saturated heterocycles. The van der Waals surface area contributed by atoms with Crippen molar-refractivity contribution in [3.8, 4) is 5.75 Å². The standard InChI is InChI=1S/C15H20O4/c1-12-10-14(19-13-6-3-2-4-7-13)11-17-9-5-8-15(16)18-12/h2-4,6-7,12,14H,5,8-11H2,1H3. The van der Waals surface area contributed by atoms with E-state index in [-0.39, 0.29) is 18.2 Å². The third-order valence-corrected chi connectivity index (χ3v) is 2.95. The van der Waals surface area contributed by atoms with Crippen molar-refractivity contribution in [1.29, 1.82) is 0 Å². The van der Waals surface area contributed by atoms with Crippen LogP contribution in [0.25, 0.3) is 0 Å². The monoisotopic (exact) mass is 264 g/mol. The molecular formula is C15H20O4. The molecule has 1 heterocycles. The summed E-state index contributed by atoms with van der Waals surface area (Å²) in [6.07, 6.45) is 1.52. The van der Waals surface area contributed by atoms with E-state index < -0.39 is 0 Å². The van der Waals surface area contributed by atoms with Gasteiger partial charge in [-0.3, -0.25) is 4.79 Å². The molecule has 1 aliphatic rings. The van der Waals surface area contributed by atoms with Crippen LogP contribution in [0.3, 0.4) is 0 Å². The molecule has 2 atom stereocenters. The molecule has 4 nitrogen and oxygen atoms in total. The molecule has 0 aliphatic carbocycles. The Morgan fingerprint density at radius 3 is 2.84 bits per heavy atom. The van der Waals surface area contributed by atoms with Gasteiger partial charge in [0.05, 0.1) is 6.61 Å². The lowest BCUT2D eigenvalue weighted by Crippen LogP contribution is -2.30. The molecule has 0 spiro atoms. The maximum Gasteiger partial charge on any atom is 0.306 e. The summed E-state index contributed by atoms with van der Waals surface area (Å²) in [6, 6.07) is 9.63. The summed E-state index contributed by atoms with van der Waals surface area (Å²) >= 11 is 0. The minimum atomic E-state index is -0.156. The van der Waals surface area contributed by atoms with E-state index in [4.69, 9.17) is 14.2 Å². The molecule has 0 N–H and O–H groups in total. The van der Waals surface area contributed by atoms with Crippen LogP contribution in [0.5, 0.6) is 5.75 Å². The van der Waals surface area contributed by atoms with Crippen molar-refractivity contribution in [3.63, 3.8) is 0 Å². The number of esters is 1. The number of hydrogen-bond acceptors (Lipinski definition) is 4. The summed E-state index contributed by atoms with van der Waals surface area (Å²) < 4.78 is 16.8. The molecule has 1 aromatic rings. The maximum atomic E-state index is 11.5. The van der Waals surface area contributed by atoms with Crippen LogP contribution >= 0.6 is 0 Å². The molecule has 1 aromatic carbocycles. The highest BCUT2D eigenvalue weighted by atomic mass is 16.6. The van der Waals surface area contributed by atoms with Crippen molar-refractivity contribution in [3.05, 3.63) is 30.3 Å². The van der Waals surface area contributed by atoms with Crippen LogP contribution in [0.4, 0.5) is 0 Å². The average molecular weight is 264 g/mol. The van der Waals surface area contributed by atoms with E-state index >= 15 is 0 Å². The third kappa shape index (κ3) is 4.91. The summed E-state index contributed by atoms with van der Waals surface area (Å²) in [5, 5.41) is 0. The van der Waals surface area contributed by atoms with Crippen LogP contribution in [0.15, 0.2) is 30.3 Å². The zero-order valence-electron chi connectivity index (χ0n) is 11.2. The van der Waals surface area contributed by atoms with Crippen molar-refractivity contribution in [2.75, 3.05) is 13.2 Å². The van der Waals surface area contributed by atoms with Crippen LogP contribution < -0.4 is 4.74 Å². The van der Waals surface area contributed by atoms with E-state index in [1.54, 1.807) is 0 Å². The molecule has 2 unspecified atom stereocenters.